The molecule has 3 heterocycles. The number of Topliss-reactive ketones (excluding diaryl/α,β-unsaturated/α-hetero) is 1. The van der Waals surface area contributed by atoms with Gasteiger partial charge >= 0.3 is 0 Å². The van der Waals surface area contributed by atoms with Crippen molar-refractivity contribution in [1.82, 2.24) is 14.1 Å². The Morgan fingerprint density at radius 2 is 1.51 bits per heavy atom. The first-order valence-electron chi connectivity index (χ1n) is 14.2. The van der Waals surface area contributed by atoms with Crippen molar-refractivity contribution in [2.45, 2.75) is 17.4 Å². The van der Waals surface area contributed by atoms with Crippen LogP contribution in [0.4, 0.5) is 0 Å². The van der Waals surface area contributed by atoms with Crippen LogP contribution in [0.1, 0.15) is 23.6 Å². The Balaban J connectivity index is 1.49. The molecule has 1 amide bonds. The van der Waals surface area contributed by atoms with Crippen LogP contribution >= 0.6 is 0 Å². The number of nitrogens with zero attached hydrogens (tertiary/aromatic N) is 3. The molecule has 0 spiro atoms. The van der Waals surface area contributed by atoms with Crippen molar-refractivity contribution >= 4 is 27.5 Å². The maximum atomic E-state index is 13.5. The lowest BCUT2D eigenvalue weighted by Gasteiger charge is -2.29. The number of sulfonamides is 1. The Hall–Kier alpha value is -3.49. The van der Waals surface area contributed by atoms with E-state index in [1.54, 1.807) is 18.2 Å². The minimum Gasteiger partial charge on any atom is -0.507 e. The summed E-state index contributed by atoms with van der Waals surface area (Å²) < 4.78 is 49.1. The van der Waals surface area contributed by atoms with Crippen molar-refractivity contribution in [3.05, 3.63) is 59.2 Å². The summed E-state index contributed by atoms with van der Waals surface area (Å²) in [7, 11) is -0.745. The number of aliphatic hydroxyl groups is 1. The maximum absolute atomic E-state index is 13.5. The summed E-state index contributed by atoms with van der Waals surface area (Å²) in [5, 5.41) is 11.5. The number of hydrogen-bond acceptors (Lipinski definition) is 10. The molecule has 2 aromatic carbocycles. The molecular weight excluding hydrogens is 578 g/mol. The highest BCUT2D eigenvalue weighted by atomic mass is 32.2. The number of carbonyl (C=O) groups is 2. The minimum absolute atomic E-state index is 0.0611. The van der Waals surface area contributed by atoms with Gasteiger partial charge in [0.1, 0.15) is 5.76 Å². The molecule has 0 aliphatic carbocycles. The van der Waals surface area contributed by atoms with E-state index in [-0.39, 0.29) is 41.4 Å². The van der Waals surface area contributed by atoms with Crippen LogP contribution in [0.3, 0.4) is 0 Å². The molecule has 0 bridgehead atoms. The van der Waals surface area contributed by atoms with Crippen LogP contribution in [0.25, 0.3) is 5.76 Å². The summed E-state index contributed by atoms with van der Waals surface area (Å²) in [5.74, 6) is -1.02. The second-order valence-corrected chi connectivity index (χ2v) is 12.4. The van der Waals surface area contributed by atoms with Crippen molar-refractivity contribution < 1.29 is 42.1 Å². The highest BCUT2D eigenvalue weighted by Gasteiger charge is 2.46. The maximum Gasteiger partial charge on any atom is 0.295 e. The van der Waals surface area contributed by atoms with Gasteiger partial charge in [0.25, 0.3) is 11.7 Å². The van der Waals surface area contributed by atoms with Gasteiger partial charge in [0.15, 0.2) is 11.5 Å². The van der Waals surface area contributed by atoms with Gasteiger partial charge in [-0.05, 0) is 48.4 Å². The van der Waals surface area contributed by atoms with Crippen LogP contribution in [0.15, 0.2) is 52.9 Å². The highest BCUT2D eigenvalue weighted by Crippen LogP contribution is 2.42. The number of morpholine rings is 2. The molecule has 12 nitrogen and oxygen atoms in total. The third kappa shape index (κ3) is 6.41. The lowest BCUT2D eigenvalue weighted by atomic mass is 9.95. The molecule has 2 aromatic rings. The largest absolute Gasteiger partial charge is 0.507 e. The number of likely N-dealkylation sites (tertiary alicyclic amines) is 1. The standard InChI is InChI=1S/C30H37N3O9S/c1-39-24-9-6-22(20-25(24)40-2)27-26(29(35)30(36)33(27)11-3-10-31-12-16-41-17-13-31)28(34)21-4-7-23(8-5-21)43(37,38)32-14-18-42-19-15-32/h4-9,20,27,34H,3,10-19H2,1-2H3/b28-26-. The molecule has 1 atom stereocenters. The van der Waals surface area contributed by atoms with Gasteiger partial charge < -0.3 is 29.0 Å². The predicted molar refractivity (Wildman–Crippen MR) is 156 cm³/mol. The number of rotatable bonds is 10. The first kappa shape index (κ1) is 31.0. The molecule has 0 radical (unpaired) electrons. The van der Waals surface area contributed by atoms with E-state index < -0.39 is 27.8 Å². The van der Waals surface area contributed by atoms with E-state index >= 15 is 0 Å². The number of benzene rings is 2. The summed E-state index contributed by atoms with van der Waals surface area (Å²) >= 11 is 0. The van der Waals surface area contributed by atoms with Crippen LogP contribution in [0, 0.1) is 0 Å². The van der Waals surface area contributed by atoms with Crippen molar-refractivity contribution in [2.75, 3.05) is 79.9 Å². The Morgan fingerprint density at radius 3 is 2.14 bits per heavy atom. The zero-order valence-corrected chi connectivity index (χ0v) is 25.2. The summed E-state index contributed by atoms with van der Waals surface area (Å²) in [4.78, 5) is 30.7. The number of hydrogen-bond donors (Lipinski definition) is 1. The zero-order chi connectivity index (χ0) is 30.6. The van der Waals surface area contributed by atoms with Crippen molar-refractivity contribution in [1.29, 1.82) is 0 Å². The third-order valence-electron chi connectivity index (χ3n) is 7.98. The summed E-state index contributed by atoms with van der Waals surface area (Å²) in [6.07, 6.45) is 0.616. The number of amides is 1. The first-order valence-corrected chi connectivity index (χ1v) is 15.7. The number of carbonyl (C=O) groups excluding carboxylic acids is 2. The van der Waals surface area contributed by atoms with Crippen LogP contribution in [0.5, 0.6) is 11.5 Å². The molecule has 13 heteroatoms. The Labute approximate surface area is 251 Å². The van der Waals surface area contributed by atoms with Gasteiger partial charge in [-0.2, -0.15) is 4.31 Å². The summed E-state index contributed by atoms with van der Waals surface area (Å²) in [6.45, 7) is 5.07. The van der Waals surface area contributed by atoms with Crippen molar-refractivity contribution in [2.24, 2.45) is 0 Å². The molecule has 3 fully saturated rings. The van der Waals surface area contributed by atoms with Crippen molar-refractivity contribution in [3.63, 3.8) is 0 Å². The predicted octanol–water partition coefficient (Wildman–Crippen LogP) is 1.87. The normalized spacial score (nSPS) is 21.7. The Bertz CT molecular complexity index is 1460. The topological polar surface area (TPSA) is 135 Å². The van der Waals surface area contributed by atoms with Crippen molar-refractivity contribution in [3.8, 4) is 11.5 Å². The molecule has 3 saturated heterocycles. The number of aliphatic hydroxyl groups excluding tert-OH is 1. The highest BCUT2D eigenvalue weighted by molar-refractivity contribution is 7.89. The fourth-order valence-corrected chi connectivity index (χ4v) is 7.05. The average Bonchev–Trinajstić information content (AvgIpc) is 3.30. The second-order valence-electron chi connectivity index (χ2n) is 10.5. The molecule has 0 saturated carbocycles. The molecule has 232 valence electrons. The Kier molecular flexibility index (Phi) is 9.67. The fourth-order valence-electron chi connectivity index (χ4n) is 5.65. The molecule has 1 N–H and O–H groups in total. The monoisotopic (exact) mass is 615 g/mol. The molecule has 5 rings (SSSR count). The van der Waals surface area contributed by atoms with Gasteiger partial charge in [-0.25, -0.2) is 8.42 Å². The van der Waals surface area contributed by atoms with Gasteiger partial charge in [-0.3, -0.25) is 14.5 Å². The van der Waals surface area contributed by atoms with E-state index in [1.807, 2.05) is 0 Å². The summed E-state index contributed by atoms with van der Waals surface area (Å²) in [5.41, 5.74) is 0.710. The van der Waals surface area contributed by atoms with E-state index in [4.69, 9.17) is 18.9 Å². The SMILES string of the molecule is COc1ccc(C2/C(=C(/O)c3ccc(S(=O)(=O)N4CCOCC4)cc3)C(=O)C(=O)N2CCCN2CCOCC2)cc1OC. The van der Waals surface area contributed by atoms with Crippen LogP contribution < -0.4 is 9.47 Å². The second kappa shape index (κ2) is 13.4. The van der Waals surface area contributed by atoms with Gasteiger partial charge in [-0.15, -0.1) is 0 Å². The zero-order valence-electron chi connectivity index (χ0n) is 24.4. The molecule has 1 unspecified atom stereocenters. The van der Waals surface area contributed by atoms with E-state index in [1.165, 1.54) is 47.7 Å². The van der Waals surface area contributed by atoms with E-state index in [2.05, 4.69) is 4.90 Å². The van der Waals surface area contributed by atoms with Gasteiger partial charge in [0.2, 0.25) is 10.0 Å². The molecule has 3 aliphatic rings. The van der Waals surface area contributed by atoms with Crippen LogP contribution in [-0.2, 0) is 29.1 Å². The fraction of sp³-hybridized carbons (Fsp3) is 0.467. The lowest BCUT2D eigenvalue weighted by molar-refractivity contribution is -0.140. The molecular formula is C30H37N3O9S. The number of ether oxygens (including phenoxy) is 4. The van der Waals surface area contributed by atoms with E-state index in [0.29, 0.717) is 49.9 Å². The first-order chi connectivity index (χ1) is 20.8. The summed E-state index contributed by atoms with van der Waals surface area (Å²) in [6, 6.07) is 9.90. The lowest BCUT2D eigenvalue weighted by Crippen LogP contribution is -2.40. The van der Waals surface area contributed by atoms with Gasteiger partial charge in [0.05, 0.1) is 57.2 Å². The third-order valence-corrected chi connectivity index (χ3v) is 9.89. The van der Waals surface area contributed by atoms with Crippen LogP contribution in [-0.4, -0.2) is 119 Å². The number of methoxy groups -OCH3 is 2. The van der Waals surface area contributed by atoms with Gasteiger partial charge in [-0.1, -0.05) is 6.07 Å². The smallest absolute Gasteiger partial charge is 0.295 e. The Morgan fingerprint density at radius 1 is 0.884 bits per heavy atom. The molecule has 0 aromatic heterocycles. The average molecular weight is 616 g/mol. The van der Waals surface area contributed by atoms with Gasteiger partial charge in [0, 0.05) is 44.8 Å². The van der Waals surface area contributed by atoms with Crippen LogP contribution in [0.2, 0.25) is 0 Å². The minimum atomic E-state index is -3.75. The van der Waals surface area contributed by atoms with E-state index in [9.17, 15) is 23.1 Å². The molecule has 43 heavy (non-hydrogen) atoms. The van der Waals surface area contributed by atoms with E-state index in [0.717, 1.165) is 19.6 Å². The number of ketones is 1. The quantitative estimate of drug-likeness (QED) is 0.240. The molecule has 3 aliphatic heterocycles.